The van der Waals surface area contributed by atoms with Gasteiger partial charge in [0.2, 0.25) is 0 Å². The number of nitriles is 1. The van der Waals surface area contributed by atoms with E-state index < -0.39 is 17.0 Å². The SMILES string of the molecule is N#CC1(Cc2c(F)cccc2F)CCCC1. The molecule has 0 heterocycles. The van der Waals surface area contributed by atoms with Crippen molar-refractivity contribution in [2.24, 2.45) is 5.41 Å². The largest absolute Gasteiger partial charge is 0.207 e. The third-order valence-electron chi connectivity index (χ3n) is 3.37. The maximum atomic E-state index is 13.5. The Hall–Kier alpha value is -1.43. The molecule has 0 N–H and O–H groups in total. The van der Waals surface area contributed by atoms with Gasteiger partial charge in [0.15, 0.2) is 0 Å². The van der Waals surface area contributed by atoms with Crippen molar-refractivity contribution in [1.29, 1.82) is 5.26 Å². The minimum absolute atomic E-state index is 0.0611. The van der Waals surface area contributed by atoms with Crippen LogP contribution in [-0.4, -0.2) is 0 Å². The molecular weight excluding hydrogens is 208 g/mol. The van der Waals surface area contributed by atoms with Gasteiger partial charge in [0.05, 0.1) is 11.5 Å². The molecule has 1 nitrogen and oxygen atoms in total. The zero-order valence-corrected chi connectivity index (χ0v) is 8.97. The van der Waals surface area contributed by atoms with Crippen LogP contribution in [0.5, 0.6) is 0 Å². The van der Waals surface area contributed by atoms with E-state index in [2.05, 4.69) is 6.07 Å². The van der Waals surface area contributed by atoms with E-state index in [0.717, 1.165) is 25.7 Å². The second kappa shape index (κ2) is 4.21. The molecule has 1 aromatic rings. The van der Waals surface area contributed by atoms with Crippen LogP contribution >= 0.6 is 0 Å². The molecule has 0 bridgehead atoms. The van der Waals surface area contributed by atoms with E-state index in [0.29, 0.717) is 0 Å². The average Bonchev–Trinajstić information content (AvgIpc) is 2.73. The standard InChI is InChI=1S/C13H13F2N/c14-11-4-3-5-12(15)10(11)8-13(9-16)6-1-2-7-13/h3-5H,1-2,6-8H2. The maximum absolute atomic E-state index is 13.5. The molecule has 0 aromatic heterocycles. The molecule has 3 heteroatoms. The molecule has 0 aliphatic heterocycles. The summed E-state index contributed by atoms with van der Waals surface area (Å²) in [5.41, 5.74) is -0.491. The Morgan fingerprint density at radius 2 is 1.75 bits per heavy atom. The van der Waals surface area contributed by atoms with Gasteiger partial charge in [0, 0.05) is 5.56 Å². The molecule has 1 aliphatic rings. The molecule has 1 fully saturated rings. The first kappa shape index (κ1) is 11.1. The minimum Gasteiger partial charge on any atom is -0.207 e. The lowest BCUT2D eigenvalue weighted by Crippen LogP contribution is -2.18. The van der Waals surface area contributed by atoms with Gasteiger partial charge in [-0.05, 0) is 31.4 Å². The average molecular weight is 221 g/mol. The van der Waals surface area contributed by atoms with Gasteiger partial charge in [0.25, 0.3) is 0 Å². The number of rotatable bonds is 2. The summed E-state index contributed by atoms with van der Waals surface area (Å²) in [5.74, 6) is -1.08. The van der Waals surface area contributed by atoms with E-state index in [9.17, 15) is 8.78 Å². The van der Waals surface area contributed by atoms with Gasteiger partial charge in [-0.25, -0.2) is 8.78 Å². The molecule has 2 rings (SSSR count). The minimum atomic E-state index is -0.553. The Morgan fingerprint density at radius 3 is 2.25 bits per heavy atom. The summed E-state index contributed by atoms with van der Waals surface area (Å²) >= 11 is 0. The molecule has 0 atom stereocenters. The summed E-state index contributed by atoms with van der Waals surface area (Å²) in [5, 5.41) is 9.16. The fourth-order valence-electron chi connectivity index (χ4n) is 2.42. The summed E-state index contributed by atoms with van der Waals surface area (Å²) in [6, 6.07) is 6.09. The fraction of sp³-hybridized carbons (Fsp3) is 0.462. The van der Waals surface area contributed by atoms with Gasteiger partial charge < -0.3 is 0 Å². The van der Waals surface area contributed by atoms with Crippen LogP contribution in [0.4, 0.5) is 8.78 Å². The molecule has 84 valence electrons. The van der Waals surface area contributed by atoms with Crippen molar-refractivity contribution >= 4 is 0 Å². The van der Waals surface area contributed by atoms with Crippen LogP contribution in [0.15, 0.2) is 18.2 Å². The topological polar surface area (TPSA) is 23.8 Å². The molecule has 0 amide bonds. The van der Waals surface area contributed by atoms with Crippen LogP contribution in [-0.2, 0) is 6.42 Å². The lowest BCUT2D eigenvalue weighted by atomic mass is 9.81. The van der Waals surface area contributed by atoms with Gasteiger partial charge in [-0.3, -0.25) is 0 Å². The van der Waals surface area contributed by atoms with E-state index in [1.807, 2.05) is 0 Å². The molecule has 0 radical (unpaired) electrons. The van der Waals surface area contributed by atoms with Gasteiger partial charge in [-0.1, -0.05) is 18.9 Å². The van der Waals surface area contributed by atoms with Crippen molar-refractivity contribution < 1.29 is 8.78 Å². The van der Waals surface area contributed by atoms with Gasteiger partial charge in [-0.2, -0.15) is 5.26 Å². The van der Waals surface area contributed by atoms with Crippen LogP contribution in [0.2, 0.25) is 0 Å². The Balaban J connectivity index is 2.30. The van der Waals surface area contributed by atoms with Gasteiger partial charge >= 0.3 is 0 Å². The molecule has 0 spiro atoms. The number of benzene rings is 1. The maximum Gasteiger partial charge on any atom is 0.129 e. The van der Waals surface area contributed by atoms with Gasteiger partial charge in [0.1, 0.15) is 11.6 Å². The van der Waals surface area contributed by atoms with Crippen LogP contribution in [0, 0.1) is 28.4 Å². The van der Waals surface area contributed by atoms with Crippen molar-refractivity contribution in [1.82, 2.24) is 0 Å². The first-order valence-corrected chi connectivity index (χ1v) is 5.51. The zero-order chi connectivity index (χ0) is 11.6. The molecule has 0 unspecified atom stereocenters. The van der Waals surface area contributed by atoms with E-state index >= 15 is 0 Å². The third-order valence-corrected chi connectivity index (χ3v) is 3.37. The Labute approximate surface area is 93.7 Å². The summed E-state index contributed by atoms with van der Waals surface area (Å²) in [6.07, 6.45) is 3.64. The van der Waals surface area contributed by atoms with E-state index in [1.54, 1.807) is 0 Å². The Bertz CT molecular complexity index is 408. The van der Waals surface area contributed by atoms with Crippen molar-refractivity contribution in [2.45, 2.75) is 32.1 Å². The predicted molar refractivity (Wildman–Crippen MR) is 56.6 cm³/mol. The lowest BCUT2D eigenvalue weighted by Gasteiger charge is -2.20. The highest BCUT2D eigenvalue weighted by atomic mass is 19.1. The number of hydrogen-bond donors (Lipinski definition) is 0. The summed E-state index contributed by atoms with van der Waals surface area (Å²) in [7, 11) is 0. The molecule has 0 saturated heterocycles. The summed E-state index contributed by atoms with van der Waals surface area (Å²) in [4.78, 5) is 0. The number of halogens is 2. The van der Waals surface area contributed by atoms with E-state index in [4.69, 9.17) is 5.26 Å². The van der Waals surface area contributed by atoms with Crippen molar-refractivity contribution in [3.05, 3.63) is 35.4 Å². The van der Waals surface area contributed by atoms with Crippen LogP contribution in [0.3, 0.4) is 0 Å². The molecule has 16 heavy (non-hydrogen) atoms. The van der Waals surface area contributed by atoms with Crippen molar-refractivity contribution in [2.75, 3.05) is 0 Å². The summed E-state index contributed by atoms with van der Waals surface area (Å²) in [6.45, 7) is 0. The molecule has 1 saturated carbocycles. The smallest absolute Gasteiger partial charge is 0.129 e. The van der Waals surface area contributed by atoms with Crippen molar-refractivity contribution in [3.8, 4) is 6.07 Å². The first-order chi connectivity index (χ1) is 7.67. The first-order valence-electron chi connectivity index (χ1n) is 5.51. The van der Waals surface area contributed by atoms with E-state index in [-0.39, 0.29) is 12.0 Å². The quantitative estimate of drug-likeness (QED) is 0.748. The Kier molecular flexibility index (Phi) is 2.91. The number of nitrogens with zero attached hydrogens (tertiary/aromatic N) is 1. The predicted octanol–water partition coefficient (Wildman–Crippen LogP) is 3.59. The zero-order valence-electron chi connectivity index (χ0n) is 8.97. The lowest BCUT2D eigenvalue weighted by molar-refractivity contribution is 0.389. The normalized spacial score (nSPS) is 18.3. The second-order valence-electron chi connectivity index (χ2n) is 4.48. The molecular formula is C13H13F2N. The fourth-order valence-corrected chi connectivity index (χ4v) is 2.42. The molecule has 1 aromatic carbocycles. The summed E-state index contributed by atoms with van der Waals surface area (Å²) < 4.78 is 26.9. The third kappa shape index (κ3) is 1.92. The van der Waals surface area contributed by atoms with E-state index in [1.165, 1.54) is 18.2 Å². The van der Waals surface area contributed by atoms with Crippen LogP contribution in [0.25, 0.3) is 0 Å². The van der Waals surface area contributed by atoms with Gasteiger partial charge in [-0.15, -0.1) is 0 Å². The van der Waals surface area contributed by atoms with Crippen molar-refractivity contribution in [3.63, 3.8) is 0 Å². The monoisotopic (exact) mass is 221 g/mol. The Morgan fingerprint density at radius 1 is 1.19 bits per heavy atom. The second-order valence-corrected chi connectivity index (χ2v) is 4.48. The highest BCUT2D eigenvalue weighted by Gasteiger charge is 2.35. The highest BCUT2D eigenvalue weighted by Crippen LogP contribution is 2.41. The van der Waals surface area contributed by atoms with Crippen LogP contribution < -0.4 is 0 Å². The number of hydrogen-bond acceptors (Lipinski definition) is 1. The van der Waals surface area contributed by atoms with Crippen LogP contribution in [0.1, 0.15) is 31.2 Å². The molecule has 1 aliphatic carbocycles. The highest BCUT2D eigenvalue weighted by molar-refractivity contribution is 5.23.